The van der Waals surface area contributed by atoms with Crippen LogP contribution in [-0.2, 0) is 14.8 Å². The highest BCUT2D eigenvalue weighted by Crippen LogP contribution is 2.23. The molecule has 0 saturated heterocycles. The number of methoxy groups -OCH3 is 1. The maximum atomic E-state index is 13.0. The Labute approximate surface area is 157 Å². The van der Waals surface area contributed by atoms with Crippen LogP contribution >= 0.6 is 0 Å². The first-order valence-electron chi connectivity index (χ1n) is 8.15. The second kappa shape index (κ2) is 7.24. The van der Waals surface area contributed by atoms with Gasteiger partial charge in [-0.05, 0) is 43.7 Å². The van der Waals surface area contributed by atoms with E-state index in [9.17, 15) is 13.2 Å². The van der Waals surface area contributed by atoms with Gasteiger partial charge in [-0.15, -0.1) is 0 Å². The third-order valence-corrected chi connectivity index (χ3v) is 5.47. The first-order valence-corrected chi connectivity index (χ1v) is 9.64. The molecule has 0 aliphatic rings. The molecular weight excluding hydrogens is 366 g/mol. The monoisotopic (exact) mass is 385 g/mol. The number of hydrogen-bond donors (Lipinski definition) is 1. The summed E-state index contributed by atoms with van der Waals surface area (Å²) in [6.45, 7) is 3.44. The molecule has 0 spiro atoms. The Morgan fingerprint density at radius 2 is 1.78 bits per heavy atom. The van der Waals surface area contributed by atoms with Crippen LogP contribution in [0.3, 0.4) is 0 Å². The minimum atomic E-state index is -3.94. The van der Waals surface area contributed by atoms with E-state index in [-0.39, 0.29) is 10.5 Å². The molecule has 7 nitrogen and oxygen atoms in total. The Balaban J connectivity index is 2.03. The molecule has 0 radical (unpaired) electrons. The molecule has 0 aliphatic carbocycles. The van der Waals surface area contributed by atoms with Crippen LogP contribution in [-0.4, -0.2) is 31.3 Å². The number of benzene rings is 2. The fourth-order valence-electron chi connectivity index (χ4n) is 2.67. The molecule has 3 aromatic rings. The van der Waals surface area contributed by atoms with Crippen molar-refractivity contribution in [2.24, 2.45) is 0 Å². The summed E-state index contributed by atoms with van der Waals surface area (Å²) in [6.07, 6.45) is 0. The predicted molar refractivity (Wildman–Crippen MR) is 102 cm³/mol. The number of rotatable bonds is 5. The van der Waals surface area contributed by atoms with E-state index in [0.717, 1.165) is 5.69 Å². The van der Waals surface area contributed by atoms with Gasteiger partial charge in [0.1, 0.15) is 5.82 Å². The van der Waals surface area contributed by atoms with Crippen molar-refractivity contribution in [3.8, 4) is 5.69 Å². The lowest BCUT2D eigenvalue weighted by molar-refractivity contribution is 0.0600. The summed E-state index contributed by atoms with van der Waals surface area (Å²) in [5.74, 6) is -0.293. The summed E-state index contributed by atoms with van der Waals surface area (Å²) in [4.78, 5) is 11.8. The zero-order chi connectivity index (χ0) is 19.6. The van der Waals surface area contributed by atoms with Gasteiger partial charge in [-0.25, -0.2) is 17.9 Å². The highest BCUT2D eigenvalue weighted by molar-refractivity contribution is 7.92. The molecule has 0 atom stereocenters. The van der Waals surface area contributed by atoms with Crippen LogP contribution in [0.15, 0.2) is 59.5 Å². The molecule has 0 saturated carbocycles. The Morgan fingerprint density at radius 3 is 2.44 bits per heavy atom. The second-order valence-corrected chi connectivity index (χ2v) is 7.65. The largest absolute Gasteiger partial charge is 0.465 e. The van der Waals surface area contributed by atoms with Crippen molar-refractivity contribution in [3.05, 3.63) is 71.4 Å². The average molecular weight is 385 g/mol. The number of aromatic nitrogens is 2. The molecule has 1 N–H and O–H groups in total. The van der Waals surface area contributed by atoms with Gasteiger partial charge < -0.3 is 4.74 Å². The SMILES string of the molecule is COC(=O)c1ccc(C)c(S(=O)(=O)Nc2cc(C)nn2-c2ccccc2)c1. The predicted octanol–water partition coefficient (Wildman–Crippen LogP) is 3.08. The van der Waals surface area contributed by atoms with Gasteiger partial charge >= 0.3 is 5.97 Å². The van der Waals surface area contributed by atoms with Crippen molar-refractivity contribution < 1.29 is 17.9 Å². The third-order valence-electron chi connectivity index (χ3n) is 3.97. The highest BCUT2D eigenvalue weighted by atomic mass is 32.2. The maximum Gasteiger partial charge on any atom is 0.337 e. The number of anilines is 1. The topological polar surface area (TPSA) is 90.3 Å². The van der Waals surface area contributed by atoms with Gasteiger partial charge in [0.05, 0.1) is 29.0 Å². The number of carbonyl (C=O) groups excluding carboxylic acids is 1. The number of aryl methyl sites for hydroxylation is 2. The van der Waals surface area contributed by atoms with Crippen LogP contribution in [0, 0.1) is 13.8 Å². The van der Waals surface area contributed by atoms with Crippen LogP contribution in [0.4, 0.5) is 5.82 Å². The first kappa shape index (κ1) is 18.7. The summed E-state index contributed by atoms with van der Waals surface area (Å²) < 4.78 is 34.7. The van der Waals surface area contributed by atoms with E-state index >= 15 is 0 Å². The number of ether oxygens (including phenoxy) is 1. The summed E-state index contributed by atoms with van der Waals surface area (Å²) in [5.41, 5.74) is 2.06. The van der Waals surface area contributed by atoms with Gasteiger partial charge in [0.25, 0.3) is 10.0 Å². The molecule has 0 unspecified atom stereocenters. The number of para-hydroxylation sites is 1. The lowest BCUT2D eigenvalue weighted by atomic mass is 10.1. The van der Waals surface area contributed by atoms with Crippen LogP contribution in [0.2, 0.25) is 0 Å². The third kappa shape index (κ3) is 3.85. The van der Waals surface area contributed by atoms with E-state index in [0.29, 0.717) is 17.1 Å². The quantitative estimate of drug-likeness (QED) is 0.682. The smallest absolute Gasteiger partial charge is 0.337 e. The molecule has 0 bridgehead atoms. The number of carbonyl (C=O) groups is 1. The Kier molecular flexibility index (Phi) is 5.00. The van der Waals surface area contributed by atoms with Crippen LogP contribution in [0.25, 0.3) is 5.69 Å². The minimum Gasteiger partial charge on any atom is -0.465 e. The summed E-state index contributed by atoms with van der Waals surface area (Å²) in [7, 11) is -2.70. The number of nitrogens with one attached hydrogen (secondary N) is 1. The molecule has 3 rings (SSSR count). The number of esters is 1. The number of nitrogens with zero attached hydrogens (tertiary/aromatic N) is 2. The zero-order valence-electron chi connectivity index (χ0n) is 15.1. The molecule has 1 heterocycles. The van der Waals surface area contributed by atoms with E-state index in [2.05, 4.69) is 14.6 Å². The first-order chi connectivity index (χ1) is 12.8. The maximum absolute atomic E-state index is 13.0. The zero-order valence-corrected chi connectivity index (χ0v) is 15.9. The van der Waals surface area contributed by atoms with Gasteiger partial charge in [0.15, 0.2) is 0 Å². The van der Waals surface area contributed by atoms with Gasteiger partial charge in [0.2, 0.25) is 0 Å². The molecule has 140 valence electrons. The van der Waals surface area contributed by atoms with Crippen molar-refractivity contribution in [3.63, 3.8) is 0 Å². The normalized spacial score (nSPS) is 11.2. The van der Waals surface area contributed by atoms with Crippen molar-refractivity contribution >= 4 is 21.8 Å². The molecule has 8 heteroatoms. The van der Waals surface area contributed by atoms with Crippen molar-refractivity contribution in [2.45, 2.75) is 18.7 Å². The summed E-state index contributed by atoms with van der Waals surface area (Å²) >= 11 is 0. The summed E-state index contributed by atoms with van der Waals surface area (Å²) in [5, 5.41) is 4.36. The highest BCUT2D eigenvalue weighted by Gasteiger charge is 2.22. The van der Waals surface area contributed by atoms with Crippen molar-refractivity contribution in [1.29, 1.82) is 0 Å². The summed E-state index contributed by atoms with van der Waals surface area (Å²) in [6, 6.07) is 15.2. The molecular formula is C19H19N3O4S. The number of hydrogen-bond acceptors (Lipinski definition) is 5. The fourth-order valence-corrected chi connectivity index (χ4v) is 3.97. The lowest BCUT2D eigenvalue weighted by Gasteiger charge is -2.13. The lowest BCUT2D eigenvalue weighted by Crippen LogP contribution is -2.17. The molecule has 0 amide bonds. The average Bonchev–Trinajstić information content (AvgIpc) is 3.01. The molecule has 0 aliphatic heterocycles. The molecule has 27 heavy (non-hydrogen) atoms. The molecule has 1 aromatic heterocycles. The van der Waals surface area contributed by atoms with Crippen LogP contribution < -0.4 is 4.72 Å². The van der Waals surface area contributed by atoms with E-state index in [1.165, 1.54) is 23.9 Å². The van der Waals surface area contributed by atoms with Crippen LogP contribution in [0.5, 0.6) is 0 Å². The van der Waals surface area contributed by atoms with Gasteiger partial charge in [-0.1, -0.05) is 24.3 Å². The van der Waals surface area contributed by atoms with E-state index < -0.39 is 16.0 Å². The fraction of sp³-hybridized carbons (Fsp3) is 0.158. The van der Waals surface area contributed by atoms with Crippen molar-refractivity contribution in [1.82, 2.24) is 9.78 Å². The minimum absolute atomic E-state index is 0.00358. The van der Waals surface area contributed by atoms with Crippen molar-refractivity contribution in [2.75, 3.05) is 11.8 Å². The second-order valence-electron chi connectivity index (χ2n) is 6.00. The Hall–Kier alpha value is -3.13. The van der Waals surface area contributed by atoms with E-state index in [1.807, 2.05) is 30.3 Å². The Bertz CT molecular complexity index is 1090. The van der Waals surface area contributed by atoms with E-state index in [1.54, 1.807) is 26.0 Å². The van der Waals surface area contributed by atoms with Crippen LogP contribution in [0.1, 0.15) is 21.6 Å². The molecule has 2 aromatic carbocycles. The van der Waals surface area contributed by atoms with E-state index in [4.69, 9.17) is 0 Å². The Morgan fingerprint density at radius 1 is 1.07 bits per heavy atom. The van der Waals surface area contributed by atoms with Gasteiger partial charge in [0, 0.05) is 6.07 Å². The molecule has 0 fully saturated rings. The number of sulfonamides is 1. The van der Waals surface area contributed by atoms with Gasteiger partial charge in [-0.3, -0.25) is 4.72 Å². The standard InChI is InChI=1S/C19H19N3O4S/c1-13-9-10-15(19(23)26-3)12-17(13)27(24,25)21-18-11-14(2)20-22(18)16-7-5-4-6-8-16/h4-12,21H,1-3H3. The van der Waals surface area contributed by atoms with Gasteiger partial charge in [-0.2, -0.15) is 5.10 Å².